The first-order valence-corrected chi connectivity index (χ1v) is 24.9. The van der Waals surface area contributed by atoms with Crippen LogP contribution in [0.15, 0.2) is 0 Å². The van der Waals surface area contributed by atoms with Crippen molar-refractivity contribution in [2.75, 3.05) is 72.5 Å². The summed E-state index contributed by atoms with van der Waals surface area (Å²) in [6.45, 7) is 14.4. The minimum absolute atomic E-state index is 0. The molecule has 2 N–H and O–H groups in total. The monoisotopic (exact) mass is 909 g/mol. The van der Waals surface area contributed by atoms with Crippen LogP contribution in [0.4, 0.5) is 0 Å². The largest absolute Gasteiger partial charge is 0.465 e. The summed E-state index contributed by atoms with van der Waals surface area (Å²) in [5.41, 5.74) is 0. The zero-order valence-electron chi connectivity index (χ0n) is 40.2. The van der Waals surface area contributed by atoms with Crippen molar-refractivity contribution in [3.63, 3.8) is 0 Å². The van der Waals surface area contributed by atoms with E-state index in [9.17, 15) is 24.0 Å². The maximum Gasteiger partial charge on any atom is 0.307 e. The first-order valence-electron chi connectivity index (χ1n) is 23.9. The molecule has 0 amide bonds. The van der Waals surface area contributed by atoms with Crippen LogP contribution in [0.1, 0.15) is 197 Å². The van der Waals surface area contributed by atoms with E-state index >= 15 is 0 Å². The molecule has 0 aliphatic rings. The maximum atomic E-state index is 12.4. The minimum atomic E-state index is -0.458. The van der Waals surface area contributed by atoms with E-state index in [-0.39, 0.29) is 83.1 Å². The summed E-state index contributed by atoms with van der Waals surface area (Å²) < 4.78 is 35.3. The zero-order valence-corrected chi connectivity index (χ0v) is 41.0. The number of nitrogens with one attached hydrogen (secondary N) is 1. The van der Waals surface area contributed by atoms with Gasteiger partial charge in [0.1, 0.15) is 19.8 Å². The molecule has 14 heteroatoms. The molecule has 2 atom stereocenters. The summed E-state index contributed by atoms with van der Waals surface area (Å²) in [5.74, 6) is -1.33. The molecule has 62 heavy (non-hydrogen) atoms. The highest BCUT2D eigenvalue weighted by molar-refractivity contribution is 7.93. The molecule has 13 nitrogen and oxygen atoms in total. The molecule has 0 saturated heterocycles. The molecule has 0 aromatic heterocycles. The van der Waals surface area contributed by atoms with Gasteiger partial charge < -0.3 is 38.5 Å². The van der Waals surface area contributed by atoms with E-state index < -0.39 is 11.9 Å². The molecule has 0 bridgehead atoms. The van der Waals surface area contributed by atoms with Crippen molar-refractivity contribution in [1.29, 1.82) is 0 Å². The number of unbranched alkanes of at least 4 members (excludes halogenated alkanes) is 14. The third-order valence-electron chi connectivity index (χ3n) is 9.57. The summed E-state index contributed by atoms with van der Waals surface area (Å²) in [4.78, 5) is 63.3. The van der Waals surface area contributed by atoms with Crippen molar-refractivity contribution in [2.24, 2.45) is 11.8 Å². The number of ether oxygens (including phenoxy) is 5. The highest BCUT2D eigenvalue weighted by atomic mass is 32.2. The second kappa shape index (κ2) is 52.9. The third-order valence-corrected chi connectivity index (χ3v) is 9.94. The predicted octanol–water partition coefficient (Wildman–Crippen LogP) is 11.0. The molecule has 370 valence electrons. The van der Waals surface area contributed by atoms with E-state index in [1.807, 2.05) is 39.8 Å². The van der Waals surface area contributed by atoms with E-state index in [1.54, 1.807) is 0 Å². The smallest absolute Gasteiger partial charge is 0.307 e. The average Bonchev–Trinajstić information content (AvgIpc) is 3.25. The van der Waals surface area contributed by atoms with Gasteiger partial charge in [0.25, 0.3) is 0 Å². The van der Waals surface area contributed by atoms with Gasteiger partial charge in [-0.2, -0.15) is 0 Å². The molecule has 2 unspecified atom stereocenters. The summed E-state index contributed by atoms with van der Waals surface area (Å²) in [7, 11) is 3.96. The molecule has 0 aromatic rings. The first kappa shape index (κ1) is 66.2. The van der Waals surface area contributed by atoms with Gasteiger partial charge in [-0.25, -0.2) is 0 Å². The van der Waals surface area contributed by atoms with Gasteiger partial charge in [0.15, 0.2) is 0 Å². The van der Waals surface area contributed by atoms with Crippen LogP contribution >= 0.6 is 12.0 Å². The van der Waals surface area contributed by atoms with E-state index in [1.165, 1.54) is 38.5 Å². The Balaban J connectivity index is -0.00000152. The Morgan fingerprint density at radius 1 is 0.484 bits per heavy atom. The number of carbonyl (C=O) groups is 5. The Hall–Kier alpha value is -2.42. The molecule has 0 saturated carbocycles. The average molecular weight is 909 g/mol. The summed E-state index contributed by atoms with van der Waals surface area (Å²) in [6.07, 6.45) is 20.2. The fraction of sp³-hybridized carbons (Fsp3) is 0.896. The van der Waals surface area contributed by atoms with Crippen molar-refractivity contribution in [2.45, 2.75) is 197 Å². The maximum absolute atomic E-state index is 12.4. The minimum Gasteiger partial charge on any atom is -0.465 e. The first-order chi connectivity index (χ1) is 29.5. The predicted molar refractivity (Wildman–Crippen MR) is 255 cm³/mol. The third kappa shape index (κ3) is 51.9. The van der Waals surface area contributed by atoms with Crippen LogP contribution in [0.25, 0.3) is 0 Å². The van der Waals surface area contributed by atoms with Gasteiger partial charge in [-0.3, -0.25) is 24.0 Å². The van der Waals surface area contributed by atoms with Crippen LogP contribution in [-0.4, -0.2) is 112 Å². The van der Waals surface area contributed by atoms with Gasteiger partial charge in [-0.15, -0.1) is 0 Å². The van der Waals surface area contributed by atoms with Crippen molar-refractivity contribution in [1.82, 2.24) is 10.2 Å². The van der Waals surface area contributed by atoms with Gasteiger partial charge in [0.2, 0.25) is 0 Å². The topological polar surface area (TPSA) is 167 Å². The number of esters is 5. The van der Waals surface area contributed by atoms with Crippen LogP contribution in [0.2, 0.25) is 0 Å². The standard InChI is InChI=1S/C41H75NO10.C4H11NOS.C2H6.CH4/c1-5-9-12-15-18-21-24-37(43)48-30-35(8-4)31-49-40(46)26-28-42-29-27-41(47)52-34-36(32-50-38(44)23-20-17-14-11-7-3)33-51-39(45)25-22-19-16-13-10-6-2;1-5(2)3-4-7-6;1-2;/h35-36,42H,5-34H2,1-4H3;6H,3-4H2,1-2H3;1-2H3;1H4. The molecular formula is C48H96N2O11S. The van der Waals surface area contributed by atoms with Gasteiger partial charge in [-0.05, 0) is 51.8 Å². The normalized spacial score (nSPS) is 11.5. The van der Waals surface area contributed by atoms with Crippen molar-refractivity contribution >= 4 is 41.9 Å². The number of hydrogen-bond donors (Lipinski definition) is 2. The molecule has 0 fully saturated rings. The molecule has 0 rings (SSSR count). The lowest BCUT2D eigenvalue weighted by Gasteiger charge is -2.17. The lowest BCUT2D eigenvalue weighted by atomic mass is 10.1. The quantitative estimate of drug-likeness (QED) is 0.0258. The summed E-state index contributed by atoms with van der Waals surface area (Å²) in [5, 5.41) is 3.05. The van der Waals surface area contributed by atoms with Gasteiger partial charge in [0.05, 0.1) is 32.0 Å². The Bertz CT molecular complexity index is 1020. The molecule has 0 radical (unpaired) electrons. The Labute approximate surface area is 384 Å². The number of rotatable bonds is 40. The van der Waals surface area contributed by atoms with Crippen molar-refractivity contribution < 1.29 is 52.2 Å². The van der Waals surface area contributed by atoms with Crippen LogP contribution in [-0.2, 0) is 47.7 Å². The highest BCUT2D eigenvalue weighted by Crippen LogP contribution is 2.12. The summed E-state index contributed by atoms with van der Waals surface area (Å²) in [6, 6.07) is 0. The second-order valence-electron chi connectivity index (χ2n) is 15.6. The number of hydrogen-bond acceptors (Lipinski definition) is 14. The zero-order chi connectivity index (χ0) is 46.2. The Kier molecular flexibility index (Phi) is 56.5. The lowest BCUT2D eigenvalue weighted by Crippen LogP contribution is -2.28. The van der Waals surface area contributed by atoms with Crippen LogP contribution in [0.3, 0.4) is 0 Å². The molecule has 0 aliphatic carbocycles. The van der Waals surface area contributed by atoms with E-state index in [0.29, 0.717) is 32.4 Å². The molecule has 0 heterocycles. The highest BCUT2D eigenvalue weighted by Gasteiger charge is 2.18. The number of carbonyl (C=O) groups excluding carboxylic acids is 5. The van der Waals surface area contributed by atoms with Crippen LogP contribution in [0.5, 0.6) is 0 Å². The van der Waals surface area contributed by atoms with Gasteiger partial charge >= 0.3 is 29.8 Å². The summed E-state index contributed by atoms with van der Waals surface area (Å²) >= 11 is 0.888. The second-order valence-corrected chi connectivity index (χ2v) is 16.3. The molecule has 0 spiro atoms. The van der Waals surface area contributed by atoms with E-state index in [4.69, 9.17) is 28.2 Å². The SMILES string of the molecule is C.CC.CCCCCCCCC(=O)OCC(CC)COC(=O)CCNCCC(=O)OCC(COC(=O)CCCCCCC)COC(=O)CCCCCCCC.CN(C)CCSO. The van der Waals surface area contributed by atoms with Crippen LogP contribution < -0.4 is 5.32 Å². The lowest BCUT2D eigenvalue weighted by molar-refractivity contribution is -0.154. The Morgan fingerprint density at radius 3 is 1.05 bits per heavy atom. The fourth-order valence-electron chi connectivity index (χ4n) is 5.54. The fourth-order valence-corrected chi connectivity index (χ4v) is 5.99. The van der Waals surface area contributed by atoms with Gasteiger partial charge in [-0.1, -0.05) is 139 Å². The van der Waals surface area contributed by atoms with E-state index in [2.05, 4.69) is 26.1 Å². The van der Waals surface area contributed by atoms with E-state index in [0.717, 1.165) is 101 Å². The van der Waals surface area contributed by atoms with Crippen LogP contribution in [0, 0.1) is 11.8 Å². The molecule has 0 aromatic carbocycles. The number of nitrogens with zero attached hydrogens (tertiary/aromatic N) is 1. The van der Waals surface area contributed by atoms with Crippen molar-refractivity contribution in [3.8, 4) is 0 Å². The molecular weight excluding hydrogens is 813 g/mol. The Morgan fingerprint density at radius 2 is 0.774 bits per heavy atom. The van der Waals surface area contributed by atoms with Crippen molar-refractivity contribution in [3.05, 3.63) is 0 Å². The molecule has 0 aliphatic heterocycles. The van der Waals surface area contributed by atoms with Gasteiger partial charge in [0, 0.05) is 50.6 Å².